The molecule has 0 saturated heterocycles. The van der Waals surface area contributed by atoms with Gasteiger partial charge in [0.1, 0.15) is 5.75 Å². The Morgan fingerprint density at radius 3 is 1.83 bits per heavy atom. The highest BCUT2D eigenvalue weighted by molar-refractivity contribution is 6.44. The van der Waals surface area contributed by atoms with Gasteiger partial charge in [0.05, 0.1) is 15.1 Å². The molecule has 0 radical (unpaired) electrons. The Balaban J connectivity index is 0.000000631. The van der Waals surface area contributed by atoms with Crippen molar-refractivity contribution in [1.82, 2.24) is 0 Å². The second-order valence-corrected chi connectivity index (χ2v) is 5.58. The van der Waals surface area contributed by atoms with Crippen LogP contribution in [0.5, 0.6) is 5.75 Å². The van der Waals surface area contributed by atoms with Crippen molar-refractivity contribution in [1.29, 1.82) is 0 Å². The van der Waals surface area contributed by atoms with E-state index < -0.39 is 6.16 Å². The van der Waals surface area contributed by atoms with E-state index in [4.69, 9.17) is 49.8 Å². The molecule has 18 heavy (non-hydrogen) atoms. The SMILES string of the molecule is CC(C)(C)c1c(Cl)c(O)cc(Cl)c1Cl.O=C(O)O. The van der Waals surface area contributed by atoms with E-state index in [0.29, 0.717) is 15.6 Å². The van der Waals surface area contributed by atoms with E-state index in [-0.39, 0.29) is 16.2 Å². The third kappa shape index (κ3) is 4.80. The van der Waals surface area contributed by atoms with Gasteiger partial charge in [-0.15, -0.1) is 0 Å². The molecule has 1 aromatic carbocycles. The van der Waals surface area contributed by atoms with Crippen LogP contribution in [0.4, 0.5) is 4.79 Å². The van der Waals surface area contributed by atoms with Crippen LogP contribution in [-0.2, 0) is 5.41 Å². The van der Waals surface area contributed by atoms with Gasteiger partial charge in [0.15, 0.2) is 0 Å². The van der Waals surface area contributed by atoms with Gasteiger partial charge in [-0.05, 0) is 11.0 Å². The Morgan fingerprint density at radius 1 is 1.11 bits per heavy atom. The summed E-state index contributed by atoms with van der Waals surface area (Å²) in [7, 11) is 0. The van der Waals surface area contributed by atoms with Crippen molar-refractivity contribution < 1.29 is 20.1 Å². The van der Waals surface area contributed by atoms with Crippen LogP contribution in [0.1, 0.15) is 26.3 Å². The maximum Gasteiger partial charge on any atom is 0.503 e. The first-order valence-corrected chi connectivity index (χ1v) is 5.90. The van der Waals surface area contributed by atoms with E-state index in [2.05, 4.69) is 0 Å². The maximum absolute atomic E-state index is 9.49. The summed E-state index contributed by atoms with van der Waals surface area (Å²) in [6, 6.07) is 1.35. The van der Waals surface area contributed by atoms with Crippen LogP contribution < -0.4 is 0 Å². The number of carboxylic acid groups (broad SMARTS) is 2. The summed E-state index contributed by atoms with van der Waals surface area (Å²) >= 11 is 17.8. The zero-order valence-corrected chi connectivity index (χ0v) is 12.2. The quantitative estimate of drug-likeness (QED) is 0.597. The summed E-state index contributed by atoms with van der Waals surface area (Å²) in [4.78, 5) is 8.56. The van der Waals surface area contributed by atoms with Gasteiger partial charge in [0.25, 0.3) is 0 Å². The van der Waals surface area contributed by atoms with E-state index in [1.807, 2.05) is 20.8 Å². The maximum atomic E-state index is 9.49. The second-order valence-electron chi connectivity index (χ2n) is 4.41. The zero-order valence-electron chi connectivity index (χ0n) is 9.96. The average Bonchev–Trinajstić information content (AvgIpc) is 2.12. The highest BCUT2D eigenvalue weighted by Crippen LogP contribution is 2.43. The van der Waals surface area contributed by atoms with Crippen LogP contribution in [0.15, 0.2) is 6.07 Å². The van der Waals surface area contributed by atoms with E-state index in [9.17, 15) is 5.11 Å². The molecule has 0 aliphatic carbocycles. The van der Waals surface area contributed by atoms with Crippen molar-refractivity contribution in [3.63, 3.8) is 0 Å². The minimum absolute atomic E-state index is 0.0361. The lowest BCUT2D eigenvalue weighted by Gasteiger charge is -2.23. The fourth-order valence-electron chi connectivity index (χ4n) is 1.25. The number of aromatic hydroxyl groups is 1. The Kier molecular flexibility index (Phi) is 6.07. The minimum atomic E-state index is -1.83. The number of phenolic OH excluding ortho intramolecular Hbond substituents is 1. The fraction of sp³-hybridized carbons (Fsp3) is 0.364. The molecular weight excluding hydrogens is 302 g/mol. The summed E-state index contributed by atoms with van der Waals surface area (Å²) in [6.07, 6.45) is -1.83. The Bertz CT molecular complexity index is 422. The fourth-order valence-corrected chi connectivity index (χ4v) is 2.36. The molecule has 3 N–H and O–H groups in total. The molecule has 0 fully saturated rings. The van der Waals surface area contributed by atoms with E-state index >= 15 is 0 Å². The molecule has 0 heterocycles. The van der Waals surface area contributed by atoms with Crippen molar-refractivity contribution in [3.8, 4) is 5.75 Å². The van der Waals surface area contributed by atoms with Gasteiger partial charge in [0.2, 0.25) is 0 Å². The Labute approximate surface area is 120 Å². The van der Waals surface area contributed by atoms with Crippen LogP contribution in [0, 0.1) is 0 Å². The molecule has 0 aliphatic rings. The van der Waals surface area contributed by atoms with E-state index in [1.165, 1.54) is 6.07 Å². The van der Waals surface area contributed by atoms with E-state index in [0.717, 1.165) is 0 Å². The predicted octanol–water partition coefficient (Wildman–Crippen LogP) is 4.87. The molecule has 7 heteroatoms. The molecule has 0 amide bonds. The van der Waals surface area contributed by atoms with Gasteiger partial charge < -0.3 is 15.3 Å². The molecule has 0 atom stereocenters. The lowest BCUT2D eigenvalue weighted by atomic mass is 9.87. The molecule has 0 bridgehead atoms. The highest BCUT2D eigenvalue weighted by Gasteiger charge is 2.24. The molecule has 0 aliphatic heterocycles. The lowest BCUT2D eigenvalue weighted by molar-refractivity contribution is 0.137. The van der Waals surface area contributed by atoms with Crippen LogP contribution in [0.25, 0.3) is 0 Å². The predicted molar refractivity (Wildman–Crippen MR) is 72.5 cm³/mol. The number of halogens is 3. The minimum Gasteiger partial charge on any atom is -0.506 e. The lowest BCUT2D eigenvalue weighted by Crippen LogP contribution is -2.12. The Hall–Kier alpha value is -0.840. The molecule has 0 spiro atoms. The standard InChI is InChI=1S/C10H11Cl3O.CH2O3/c1-10(2,3)7-8(12)5(11)4-6(14)9(7)13;2-1(3)4/h4,14H,1-3H3;(H2,2,3,4). The van der Waals surface area contributed by atoms with Crippen LogP contribution in [0.3, 0.4) is 0 Å². The summed E-state index contributed by atoms with van der Waals surface area (Å²) < 4.78 is 0. The molecule has 1 aromatic rings. The van der Waals surface area contributed by atoms with Crippen LogP contribution >= 0.6 is 34.8 Å². The first-order chi connectivity index (χ1) is 7.98. The summed E-state index contributed by atoms with van der Waals surface area (Å²) in [5.74, 6) is -0.0361. The monoisotopic (exact) mass is 314 g/mol. The number of hydrogen-bond donors (Lipinski definition) is 3. The zero-order chi connectivity index (χ0) is 14.7. The average molecular weight is 316 g/mol. The smallest absolute Gasteiger partial charge is 0.503 e. The molecular formula is C11H13Cl3O4. The molecule has 0 unspecified atom stereocenters. The van der Waals surface area contributed by atoms with Gasteiger partial charge in [0, 0.05) is 6.07 Å². The summed E-state index contributed by atoms with van der Waals surface area (Å²) in [6.45, 7) is 5.86. The molecule has 0 aromatic heterocycles. The number of phenols is 1. The van der Waals surface area contributed by atoms with E-state index in [1.54, 1.807) is 0 Å². The third-order valence-electron chi connectivity index (χ3n) is 1.89. The number of carbonyl (C=O) groups is 1. The first kappa shape index (κ1) is 17.2. The third-order valence-corrected chi connectivity index (χ3v) is 3.06. The van der Waals surface area contributed by atoms with Crippen molar-refractivity contribution in [3.05, 3.63) is 26.7 Å². The molecule has 102 valence electrons. The van der Waals surface area contributed by atoms with Crippen molar-refractivity contribution in [2.45, 2.75) is 26.2 Å². The number of rotatable bonds is 0. The molecule has 0 saturated carbocycles. The number of benzene rings is 1. The first-order valence-electron chi connectivity index (χ1n) is 4.77. The van der Waals surface area contributed by atoms with Crippen LogP contribution in [-0.4, -0.2) is 21.5 Å². The molecule has 4 nitrogen and oxygen atoms in total. The summed E-state index contributed by atoms with van der Waals surface area (Å²) in [5.41, 5.74) is 0.419. The highest BCUT2D eigenvalue weighted by atomic mass is 35.5. The van der Waals surface area contributed by atoms with Gasteiger partial charge in [-0.3, -0.25) is 0 Å². The van der Waals surface area contributed by atoms with Gasteiger partial charge >= 0.3 is 6.16 Å². The number of hydrogen-bond acceptors (Lipinski definition) is 2. The van der Waals surface area contributed by atoms with Crippen molar-refractivity contribution in [2.75, 3.05) is 0 Å². The summed E-state index contributed by atoms with van der Waals surface area (Å²) in [5, 5.41) is 24.4. The Morgan fingerprint density at radius 2 is 1.50 bits per heavy atom. The van der Waals surface area contributed by atoms with Crippen LogP contribution in [0.2, 0.25) is 15.1 Å². The topological polar surface area (TPSA) is 77.8 Å². The normalized spacial score (nSPS) is 10.6. The van der Waals surface area contributed by atoms with Crippen molar-refractivity contribution >= 4 is 41.0 Å². The molecule has 1 rings (SSSR count). The second kappa shape index (κ2) is 6.36. The van der Waals surface area contributed by atoms with Crippen molar-refractivity contribution in [2.24, 2.45) is 0 Å². The van der Waals surface area contributed by atoms with Gasteiger partial charge in [-0.1, -0.05) is 55.6 Å². The largest absolute Gasteiger partial charge is 0.506 e. The van der Waals surface area contributed by atoms with Gasteiger partial charge in [-0.2, -0.15) is 0 Å². The van der Waals surface area contributed by atoms with Gasteiger partial charge in [-0.25, -0.2) is 4.79 Å².